The molecule has 0 aliphatic rings. The SMILES string of the molecule is CCCCN(CC)C(=O)c1ccc(Cl)c(NS(=O)(=O)c2ccc(F)cc2)c1. The van der Waals surface area contributed by atoms with E-state index >= 15 is 0 Å². The molecule has 146 valence electrons. The first-order valence-corrected chi connectivity index (χ1v) is 10.5. The summed E-state index contributed by atoms with van der Waals surface area (Å²) in [6.45, 7) is 5.12. The van der Waals surface area contributed by atoms with E-state index in [4.69, 9.17) is 11.6 Å². The summed E-state index contributed by atoms with van der Waals surface area (Å²) in [6.07, 6.45) is 1.85. The number of benzene rings is 2. The molecule has 0 aliphatic heterocycles. The molecule has 0 heterocycles. The summed E-state index contributed by atoms with van der Waals surface area (Å²) < 4.78 is 40.4. The minimum Gasteiger partial charge on any atom is -0.339 e. The predicted molar refractivity (Wildman–Crippen MR) is 105 cm³/mol. The fraction of sp³-hybridized carbons (Fsp3) is 0.316. The Morgan fingerprint density at radius 1 is 1.15 bits per heavy atom. The number of anilines is 1. The molecule has 0 saturated carbocycles. The van der Waals surface area contributed by atoms with Gasteiger partial charge in [0.2, 0.25) is 0 Å². The molecule has 0 fully saturated rings. The van der Waals surface area contributed by atoms with E-state index in [9.17, 15) is 17.6 Å². The Hall–Kier alpha value is -2.12. The van der Waals surface area contributed by atoms with Crippen LogP contribution in [0.3, 0.4) is 0 Å². The maximum absolute atomic E-state index is 13.0. The molecule has 1 amide bonds. The molecule has 1 N–H and O–H groups in total. The van der Waals surface area contributed by atoms with E-state index in [2.05, 4.69) is 4.72 Å². The Kier molecular flexibility index (Phi) is 7.21. The zero-order valence-electron chi connectivity index (χ0n) is 15.2. The molecule has 0 unspecified atom stereocenters. The molecule has 0 aromatic heterocycles. The van der Waals surface area contributed by atoms with Gasteiger partial charge in [-0.1, -0.05) is 24.9 Å². The van der Waals surface area contributed by atoms with Crippen molar-refractivity contribution >= 4 is 33.2 Å². The summed E-state index contributed by atoms with van der Waals surface area (Å²) in [7, 11) is -3.96. The van der Waals surface area contributed by atoms with Gasteiger partial charge in [0.15, 0.2) is 0 Å². The Morgan fingerprint density at radius 3 is 2.41 bits per heavy atom. The summed E-state index contributed by atoms with van der Waals surface area (Å²) in [4.78, 5) is 14.3. The Morgan fingerprint density at radius 2 is 1.81 bits per heavy atom. The van der Waals surface area contributed by atoms with Crippen molar-refractivity contribution in [2.24, 2.45) is 0 Å². The molecule has 2 rings (SSSR count). The van der Waals surface area contributed by atoms with E-state index in [1.807, 2.05) is 13.8 Å². The molecule has 0 bridgehead atoms. The van der Waals surface area contributed by atoms with Crippen LogP contribution in [-0.4, -0.2) is 32.3 Å². The topological polar surface area (TPSA) is 66.5 Å². The number of hydrogen-bond acceptors (Lipinski definition) is 3. The van der Waals surface area contributed by atoms with Gasteiger partial charge in [0.1, 0.15) is 5.82 Å². The number of hydrogen-bond donors (Lipinski definition) is 1. The third-order valence-electron chi connectivity index (χ3n) is 4.03. The standard InChI is InChI=1S/C19H22ClFN2O3S/c1-3-5-12-23(4-2)19(24)14-6-11-17(20)18(13-14)22-27(25,26)16-9-7-15(21)8-10-16/h6-11,13,22H,3-5,12H2,1-2H3. The van der Waals surface area contributed by atoms with Crippen molar-refractivity contribution in [1.29, 1.82) is 0 Å². The van der Waals surface area contributed by atoms with Crippen LogP contribution in [0.2, 0.25) is 5.02 Å². The second kappa shape index (κ2) is 9.19. The van der Waals surface area contributed by atoms with Crippen LogP contribution >= 0.6 is 11.6 Å². The number of carbonyl (C=O) groups is 1. The van der Waals surface area contributed by atoms with Crippen molar-refractivity contribution in [3.63, 3.8) is 0 Å². The lowest BCUT2D eigenvalue weighted by Crippen LogP contribution is -2.31. The van der Waals surface area contributed by atoms with Crippen LogP contribution in [0, 0.1) is 5.82 Å². The molecular weight excluding hydrogens is 391 g/mol. The molecule has 0 radical (unpaired) electrons. The van der Waals surface area contributed by atoms with E-state index in [1.165, 1.54) is 12.1 Å². The van der Waals surface area contributed by atoms with Gasteiger partial charge in [-0.05, 0) is 55.8 Å². The quantitative estimate of drug-likeness (QED) is 0.692. The molecule has 27 heavy (non-hydrogen) atoms. The average Bonchev–Trinajstić information content (AvgIpc) is 2.64. The molecule has 0 atom stereocenters. The molecule has 8 heteroatoms. The minimum atomic E-state index is -3.96. The van der Waals surface area contributed by atoms with Gasteiger partial charge < -0.3 is 4.90 Å². The third kappa shape index (κ3) is 5.43. The molecular formula is C19H22ClFN2O3S. The maximum atomic E-state index is 13.0. The monoisotopic (exact) mass is 412 g/mol. The van der Waals surface area contributed by atoms with Crippen LogP contribution in [0.15, 0.2) is 47.4 Å². The van der Waals surface area contributed by atoms with Gasteiger partial charge in [0, 0.05) is 18.7 Å². The summed E-state index contributed by atoms with van der Waals surface area (Å²) in [6, 6.07) is 8.89. The molecule has 2 aromatic carbocycles. The summed E-state index contributed by atoms with van der Waals surface area (Å²) >= 11 is 6.10. The summed E-state index contributed by atoms with van der Waals surface area (Å²) in [5.41, 5.74) is 0.438. The second-order valence-corrected chi connectivity index (χ2v) is 8.08. The number of sulfonamides is 1. The number of halogens is 2. The molecule has 0 aliphatic carbocycles. The first-order chi connectivity index (χ1) is 12.8. The van der Waals surface area contributed by atoms with Crippen molar-refractivity contribution in [3.05, 3.63) is 58.9 Å². The smallest absolute Gasteiger partial charge is 0.261 e. The fourth-order valence-corrected chi connectivity index (χ4v) is 3.78. The first-order valence-electron chi connectivity index (χ1n) is 8.65. The Bertz CT molecular complexity index is 902. The predicted octanol–water partition coefficient (Wildman–Crippen LogP) is 4.54. The van der Waals surface area contributed by atoms with E-state index in [1.54, 1.807) is 11.0 Å². The normalized spacial score (nSPS) is 11.3. The van der Waals surface area contributed by atoms with Crippen molar-refractivity contribution in [2.45, 2.75) is 31.6 Å². The number of amides is 1. The van der Waals surface area contributed by atoms with Crippen molar-refractivity contribution < 1.29 is 17.6 Å². The highest BCUT2D eigenvalue weighted by Gasteiger charge is 2.19. The second-order valence-electron chi connectivity index (χ2n) is 5.99. The zero-order valence-corrected chi connectivity index (χ0v) is 16.8. The molecule has 0 saturated heterocycles. The van der Waals surface area contributed by atoms with Crippen LogP contribution in [0.5, 0.6) is 0 Å². The van der Waals surface area contributed by atoms with Crippen LogP contribution in [0.4, 0.5) is 10.1 Å². The zero-order chi connectivity index (χ0) is 20.0. The highest BCUT2D eigenvalue weighted by atomic mass is 35.5. The van der Waals surface area contributed by atoms with Gasteiger partial charge in [-0.2, -0.15) is 0 Å². The number of rotatable bonds is 8. The Balaban J connectivity index is 2.29. The van der Waals surface area contributed by atoms with Crippen LogP contribution in [0.1, 0.15) is 37.0 Å². The maximum Gasteiger partial charge on any atom is 0.261 e. The number of nitrogens with zero attached hydrogens (tertiary/aromatic N) is 1. The van der Waals surface area contributed by atoms with Gasteiger partial charge in [-0.3, -0.25) is 9.52 Å². The highest BCUT2D eigenvalue weighted by molar-refractivity contribution is 7.92. The van der Waals surface area contributed by atoms with Gasteiger partial charge in [-0.25, -0.2) is 12.8 Å². The average molecular weight is 413 g/mol. The fourth-order valence-electron chi connectivity index (χ4n) is 2.49. The van der Waals surface area contributed by atoms with E-state index in [0.29, 0.717) is 18.7 Å². The van der Waals surface area contributed by atoms with Gasteiger partial charge in [0.05, 0.1) is 15.6 Å². The van der Waals surface area contributed by atoms with Crippen LogP contribution in [-0.2, 0) is 10.0 Å². The van der Waals surface area contributed by atoms with Gasteiger partial charge in [-0.15, -0.1) is 0 Å². The largest absolute Gasteiger partial charge is 0.339 e. The van der Waals surface area contributed by atoms with E-state index in [0.717, 1.165) is 37.1 Å². The highest BCUT2D eigenvalue weighted by Crippen LogP contribution is 2.26. The van der Waals surface area contributed by atoms with Crippen LogP contribution < -0.4 is 4.72 Å². The van der Waals surface area contributed by atoms with E-state index in [-0.39, 0.29) is 21.5 Å². The van der Waals surface area contributed by atoms with Crippen molar-refractivity contribution in [1.82, 2.24) is 4.90 Å². The van der Waals surface area contributed by atoms with Crippen LogP contribution in [0.25, 0.3) is 0 Å². The number of carbonyl (C=O) groups excluding carboxylic acids is 1. The Labute approximate surface area is 164 Å². The van der Waals surface area contributed by atoms with Gasteiger partial charge in [0.25, 0.3) is 15.9 Å². The number of nitrogens with one attached hydrogen (secondary N) is 1. The molecule has 5 nitrogen and oxygen atoms in total. The lowest BCUT2D eigenvalue weighted by molar-refractivity contribution is 0.0762. The minimum absolute atomic E-state index is 0.0957. The summed E-state index contributed by atoms with van der Waals surface area (Å²) in [5.74, 6) is -0.726. The summed E-state index contributed by atoms with van der Waals surface area (Å²) in [5, 5.41) is 0.161. The lowest BCUT2D eigenvalue weighted by Gasteiger charge is -2.21. The number of unbranched alkanes of at least 4 members (excludes halogenated alkanes) is 1. The third-order valence-corrected chi connectivity index (χ3v) is 5.74. The molecule has 0 spiro atoms. The van der Waals surface area contributed by atoms with E-state index < -0.39 is 15.8 Å². The van der Waals surface area contributed by atoms with Crippen molar-refractivity contribution in [2.75, 3.05) is 17.8 Å². The van der Waals surface area contributed by atoms with Gasteiger partial charge >= 0.3 is 0 Å². The lowest BCUT2D eigenvalue weighted by atomic mass is 10.1. The molecule has 2 aromatic rings. The first kappa shape index (κ1) is 21.2. The van der Waals surface area contributed by atoms with Crippen molar-refractivity contribution in [3.8, 4) is 0 Å².